The van der Waals surface area contributed by atoms with Crippen molar-refractivity contribution in [3.05, 3.63) is 40.9 Å². The second-order valence-corrected chi connectivity index (χ2v) is 6.48. The van der Waals surface area contributed by atoms with Crippen LogP contribution >= 0.6 is 11.3 Å². The Morgan fingerprint density at radius 3 is 2.64 bits per heavy atom. The average Bonchev–Trinajstić information content (AvgIpc) is 3.21. The van der Waals surface area contributed by atoms with Crippen LogP contribution in [0.5, 0.6) is 0 Å². The molecule has 0 radical (unpaired) electrons. The molecule has 2 N–H and O–H groups in total. The van der Waals surface area contributed by atoms with E-state index in [9.17, 15) is 22.8 Å². The van der Waals surface area contributed by atoms with E-state index in [0.717, 1.165) is 12.1 Å². The largest absolute Gasteiger partial charge is 0.416 e. The van der Waals surface area contributed by atoms with Crippen molar-refractivity contribution in [2.75, 3.05) is 6.54 Å². The van der Waals surface area contributed by atoms with Crippen LogP contribution in [0.25, 0.3) is 10.6 Å². The van der Waals surface area contributed by atoms with Gasteiger partial charge in [-0.05, 0) is 18.6 Å². The Labute approximate surface area is 145 Å². The van der Waals surface area contributed by atoms with Crippen molar-refractivity contribution in [2.45, 2.75) is 25.1 Å². The van der Waals surface area contributed by atoms with Gasteiger partial charge in [-0.15, -0.1) is 11.3 Å². The van der Waals surface area contributed by atoms with Gasteiger partial charge in [0.1, 0.15) is 10.7 Å². The van der Waals surface area contributed by atoms with Gasteiger partial charge in [0.15, 0.2) is 0 Å². The van der Waals surface area contributed by atoms with E-state index in [2.05, 4.69) is 15.6 Å². The molecule has 1 aromatic carbocycles. The van der Waals surface area contributed by atoms with E-state index in [1.807, 2.05) is 0 Å². The number of carbonyl (C=O) groups excluding carboxylic acids is 2. The third-order valence-electron chi connectivity index (χ3n) is 3.79. The predicted molar refractivity (Wildman–Crippen MR) is 86.0 cm³/mol. The molecule has 1 atom stereocenters. The van der Waals surface area contributed by atoms with Gasteiger partial charge in [0.25, 0.3) is 5.91 Å². The van der Waals surface area contributed by atoms with Gasteiger partial charge in [-0.25, -0.2) is 4.98 Å². The fourth-order valence-corrected chi connectivity index (χ4v) is 3.26. The Morgan fingerprint density at radius 2 is 2.04 bits per heavy atom. The maximum atomic E-state index is 12.6. The van der Waals surface area contributed by atoms with Crippen LogP contribution in [0.2, 0.25) is 0 Å². The minimum Gasteiger partial charge on any atom is -0.352 e. The van der Waals surface area contributed by atoms with Crippen LogP contribution in [0.1, 0.15) is 28.9 Å². The van der Waals surface area contributed by atoms with Crippen LogP contribution in [0.3, 0.4) is 0 Å². The predicted octanol–water partition coefficient (Wildman–Crippen LogP) is 2.84. The van der Waals surface area contributed by atoms with Gasteiger partial charge in [0.05, 0.1) is 5.56 Å². The summed E-state index contributed by atoms with van der Waals surface area (Å²) in [5.74, 6) is -0.409. The molecule has 2 aromatic rings. The van der Waals surface area contributed by atoms with Crippen LogP contribution in [-0.2, 0) is 11.0 Å². The third-order valence-corrected chi connectivity index (χ3v) is 4.68. The highest BCUT2D eigenvalue weighted by Crippen LogP contribution is 2.31. The van der Waals surface area contributed by atoms with Gasteiger partial charge in [-0.2, -0.15) is 13.2 Å². The molecule has 1 aromatic heterocycles. The number of hydrogen-bond acceptors (Lipinski definition) is 4. The summed E-state index contributed by atoms with van der Waals surface area (Å²) in [6.07, 6.45) is -3.26. The first kappa shape index (κ1) is 17.4. The summed E-state index contributed by atoms with van der Waals surface area (Å²) in [5, 5.41) is 7.46. The smallest absolute Gasteiger partial charge is 0.352 e. The molecule has 9 heteroatoms. The lowest BCUT2D eigenvalue weighted by Crippen LogP contribution is -2.38. The maximum absolute atomic E-state index is 12.6. The Kier molecular flexibility index (Phi) is 4.76. The summed E-state index contributed by atoms with van der Waals surface area (Å²) >= 11 is 1.18. The van der Waals surface area contributed by atoms with Crippen LogP contribution in [0, 0.1) is 0 Å². The lowest BCUT2D eigenvalue weighted by molar-refractivity contribution is -0.137. The third kappa shape index (κ3) is 4.16. The molecule has 1 saturated heterocycles. The average molecular weight is 369 g/mol. The number of amides is 2. The quantitative estimate of drug-likeness (QED) is 0.871. The molecule has 2 heterocycles. The molecule has 1 aliphatic rings. The van der Waals surface area contributed by atoms with Crippen LogP contribution in [0.4, 0.5) is 13.2 Å². The van der Waals surface area contributed by atoms with E-state index >= 15 is 0 Å². The molecular formula is C16H14F3N3O2S. The van der Waals surface area contributed by atoms with Crippen molar-refractivity contribution < 1.29 is 22.8 Å². The van der Waals surface area contributed by atoms with E-state index < -0.39 is 11.7 Å². The SMILES string of the molecule is O=C1CC[C@@H](CNC(=O)c2csc(-c3ccc(C(F)(F)F)cc3)n2)N1. The van der Waals surface area contributed by atoms with Gasteiger partial charge in [0, 0.05) is 30.0 Å². The van der Waals surface area contributed by atoms with Gasteiger partial charge < -0.3 is 10.6 Å². The monoisotopic (exact) mass is 369 g/mol. The Balaban J connectivity index is 1.63. The minimum atomic E-state index is -4.39. The number of carbonyl (C=O) groups is 2. The number of rotatable bonds is 4. The van der Waals surface area contributed by atoms with Crippen LogP contribution in [0.15, 0.2) is 29.6 Å². The zero-order valence-electron chi connectivity index (χ0n) is 12.9. The van der Waals surface area contributed by atoms with Crippen molar-refractivity contribution in [1.82, 2.24) is 15.6 Å². The summed E-state index contributed by atoms with van der Waals surface area (Å²) in [6, 6.07) is 4.55. The molecule has 1 fully saturated rings. The number of alkyl halides is 3. The molecule has 25 heavy (non-hydrogen) atoms. The normalized spacial score (nSPS) is 17.4. The summed E-state index contributed by atoms with van der Waals surface area (Å²) in [6.45, 7) is 0.317. The Hall–Kier alpha value is -2.42. The summed E-state index contributed by atoms with van der Waals surface area (Å²) < 4.78 is 37.7. The number of thiazole rings is 1. The van der Waals surface area contributed by atoms with Gasteiger partial charge in [-0.1, -0.05) is 12.1 Å². The van der Waals surface area contributed by atoms with E-state index in [0.29, 0.717) is 30.0 Å². The topological polar surface area (TPSA) is 71.1 Å². The van der Waals surface area contributed by atoms with Crippen molar-refractivity contribution >= 4 is 23.2 Å². The van der Waals surface area contributed by atoms with Crippen molar-refractivity contribution in [2.24, 2.45) is 0 Å². The van der Waals surface area contributed by atoms with Gasteiger partial charge in [-0.3, -0.25) is 9.59 Å². The fourth-order valence-electron chi connectivity index (χ4n) is 2.45. The zero-order valence-corrected chi connectivity index (χ0v) is 13.7. The Morgan fingerprint density at radius 1 is 1.32 bits per heavy atom. The molecule has 0 bridgehead atoms. The minimum absolute atomic E-state index is 0.0301. The van der Waals surface area contributed by atoms with E-state index in [1.165, 1.54) is 23.5 Å². The molecule has 0 spiro atoms. The second kappa shape index (κ2) is 6.83. The molecule has 132 valence electrons. The first-order chi connectivity index (χ1) is 11.8. The fraction of sp³-hybridized carbons (Fsp3) is 0.312. The number of hydrogen-bond donors (Lipinski definition) is 2. The lowest BCUT2D eigenvalue weighted by atomic mass is 10.1. The molecule has 3 rings (SSSR count). The van der Waals surface area contributed by atoms with Crippen molar-refractivity contribution in [3.8, 4) is 10.6 Å². The number of halogens is 3. The number of benzene rings is 1. The summed E-state index contributed by atoms with van der Waals surface area (Å²) in [5.41, 5.74) is -0.0197. The number of aromatic nitrogens is 1. The molecule has 0 saturated carbocycles. The molecular weight excluding hydrogens is 355 g/mol. The molecule has 2 amide bonds. The van der Waals surface area contributed by atoms with E-state index in [-0.39, 0.29) is 23.6 Å². The molecule has 0 unspecified atom stereocenters. The van der Waals surface area contributed by atoms with Gasteiger partial charge in [0.2, 0.25) is 5.91 Å². The van der Waals surface area contributed by atoms with Gasteiger partial charge >= 0.3 is 6.18 Å². The zero-order chi connectivity index (χ0) is 18.0. The van der Waals surface area contributed by atoms with E-state index in [4.69, 9.17) is 0 Å². The summed E-state index contributed by atoms with van der Waals surface area (Å²) in [4.78, 5) is 27.4. The maximum Gasteiger partial charge on any atom is 0.416 e. The molecule has 0 aliphatic carbocycles. The number of nitrogens with one attached hydrogen (secondary N) is 2. The Bertz CT molecular complexity index is 787. The number of nitrogens with zero attached hydrogens (tertiary/aromatic N) is 1. The van der Waals surface area contributed by atoms with Crippen LogP contribution in [-0.4, -0.2) is 29.4 Å². The lowest BCUT2D eigenvalue weighted by Gasteiger charge is -2.10. The second-order valence-electron chi connectivity index (χ2n) is 5.63. The molecule has 1 aliphatic heterocycles. The highest BCUT2D eigenvalue weighted by Gasteiger charge is 2.30. The standard InChI is InChI=1S/C16H14F3N3O2S/c17-16(18,19)10-3-1-9(2-4-10)15-22-12(8-25-15)14(24)20-7-11-5-6-13(23)21-11/h1-4,8,11H,5-7H2,(H,20,24)(H,21,23)/t11-/m0/s1. The van der Waals surface area contributed by atoms with Crippen molar-refractivity contribution in [3.63, 3.8) is 0 Å². The highest BCUT2D eigenvalue weighted by atomic mass is 32.1. The highest BCUT2D eigenvalue weighted by molar-refractivity contribution is 7.13. The first-order valence-corrected chi connectivity index (χ1v) is 8.41. The molecule has 5 nitrogen and oxygen atoms in total. The first-order valence-electron chi connectivity index (χ1n) is 7.53. The van der Waals surface area contributed by atoms with Crippen molar-refractivity contribution in [1.29, 1.82) is 0 Å². The summed E-state index contributed by atoms with van der Waals surface area (Å²) in [7, 11) is 0. The van der Waals surface area contributed by atoms with E-state index in [1.54, 1.807) is 5.38 Å². The van der Waals surface area contributed by atoms with Crippen LogP contribution < -0.4 is 10.6 Å².